The number of carbonyl (C=O) groups is 1. The standard InChI is InChI=1S/C10H19NO3/c1-8(10(12)13-3)11(2)9-4-6-14-7-5-9/h8-9H,4-7H2,1-3H3. The van der Waals surface area contributed by atoms with Crippen molar-refractivity contribution in [3.8, 4) is 0 Å². The van der Waals surface area contributed by atoms with Gasteiger partial charge in [-0.25, -0.2) is 0 Å². The minimum Gasteiger partial charge on any atom is -0.468 e. The van der Waals surface area contributed by atoms with Gasteiger partial charge in [-0.3, -0.25) is 9.69 Å². The first kappa shape index (κ1) is 11.5. The van der Waals surface area contributed by atoms with Gasteiger partial charge in [0.2, 0.25) is 0 Å². The minimum absolute atomic E-state index is 0.164. The van der Waals surface area contributed by atoms with Crippen LogP contribution < -0.4 is 0 Å². The molecule has 1 fully saturated rings. The summed E-state index contributed by atoms with van der Waals surface area (Å²) >= 11 is 0. The number of hydrogen-bond acceptors (Lipinski definition) is 4. The first-order valence-corrected chi connectivity index (χ1v) is 5.04. The Labute approximate surface area is 85.2 Å². The first-order valence-electron chi connectivity index (χ1n) is 5.04. The van der Waals surface area contributed by atoms with Gasteiger partial charge >= 0.3 is 5.97 Å². The molecule has 1 unspecified atom stereocenters. The van der Waals surface area contributed by atoms with E-state index in [-0.39, 0.29) is 12.0 Å². The molecule has 1 heterocycles. The van der Waals surface area contributed by atoms with Crippen LogP contribution in [0.15, 0.2) is 0 Å². The van der Waals surface area contributed by atoms with E-state index in [9.17, 15) is 4.79 Å². The van der Waals surface area contributed by atoms with E-state index in [0.29, 0.717) is 6.04 Å². The summed E-state index contributed by atoms with van der Waals surface area (Å²) < 4.78 is 9.99. The highest BCUT2D eigenvalue weighted by Gasteiger charge is 2.26. The van der Waals surface area contributed by atoms with Gasteiger partial charge in [0.15, 0.2) is 0 Å². The van der Waals surface area contributed by atoms with Gasteiger partial charge in [-0.1, -0.05) is 0 Å². The molecule has 0 N–H and O–H groups in total. The van der Waals surface area contributed by atoms with Crippen LogP contribution in [0, 0.1) is 0 Å². The third-order valence-electron chi connectivity index (χ3n) is 2.92. The minimum atomic E-state index is -0.168. The molecule has 82 valence electrons. The van der Waals surface area contributed by atoms with Gasteiger partial charge in [-0.2, -0.15) is 0 Å². The Bertz CT molecular complexity index is 190. The molecule has 1 saturated heterocycles. The molecule has 0 aromatic carbocycles. The second kappa shape index (κ2) is 5.32. The van der Waals surface area contributed by atoms with Crippen molar-refractivity contribution in [3.05, 3.63) is 0 Å². The zero-order valence-electron chi connectivity index (χ0n) is 9.16. The van der Waals surface area contributed by atoms with E-state index >= 15 is 0 Å². The Morgan fingerprint density at radius 2 is 2.07 bits per heavy atom. The van der Waals surface area contributed by atoms with E-state index in [1.165, 1.54) is 7.11 Å². The van der Waals surface area contributed by atoms with Crippen molar-refractivity contribution in [2.75, 3.05) is 27.4 Å². The predicted molar refractivity (Wildman–Crippen MR) is 53.1 cm³/mol. The summed E-state index contributed by atoms with van der Waals surface area (Å²) in [6.45, 7) is 3.47. The fourth-order valence-corrected chi connectivity index (χ4v) is 1.75. The number of carbonyl (C=O) groups excluding carboxylic acids is 1. The second-order valence-electron chi connectivity index (χ2n) is 3.71. The van der Waals surface area contributed by atoms with Crippen LogP contribution in [0.4, 0.5) is 0 Å². The van der Waals surface area contributed by atoms with Crippen LogP contribution in [-0.2, 0) is 14.3 Å². The molecule has 4 nitrogen and oxygen atoms in total. The van der Waals surface area contributed by atoms with Crippen molar-refractivity contribution in [2.45, 2.75) is 31.8 Å². The molecular formula is C10H19NO3. The number of ether oxygens (including phenoxy) is 2. The van der Waals surface area contributed by atoms with Crippen LogP contribution in [0.3, 0.4) is 0 Å². The van der Waals surface area contributed by atoms with Crippen molar-refractivity contribution >= 4 is 5.97 Å². The van der Waals surface area contributed by atoms with Gasteiger partial charge in [-0.15, -0.1) is 0 Å². The lowest BCUT2D eigenvalue weighted by molar-refractivity contribution is -0.147. The fourth-order valence-electron chi connectivity index (χ4n) is 1.75. The highest BCUT2D eigenvalue weighted by Crippen LogP contribution is 2.15. The summed E-state index contributed by atoms with van der Waals surface area (Å²) in [7, 11) is 3.40. The summed E-state index contributed by atoms with van der Waals surface area (Å²) in [5.74, 6) is -0.168. The van der Waals surface area contributed by atoms with Crippen molar-refractivity contribution in [1.82, 2.24) is 4.90 Å². The number of likely N-dealkylation sites (N-methyl/N-ethyl adjacent to an activating group) is 1. The number of rotatable bonds is 3. The van der Waals surface area contributed by atoms with Gasteiger partial charge in [0.1, 0.15) is 6.04 Å². The van der Waals surface area contributed by atoms with Crippen LogP contribution in [-0.4, -0.2) is 50.3 Å². The molecule has 0 bridgehead atoms. The van der Waals surface area contributed by atoms with Crippen LogP contribution in [0.1, 0.15) is 19.8 Å². The molecule has 0 radical (unpaired) electrons. The van der Waals surface area contributed by atoms with E-state index in [0.717, 1.165) is 26.1 Å². The molecule has 0 aliphatic carbocycles. The molecule has 4 heteroatoms. The average Bonchev–Trinajstić information content (AvgIpc) is 2.27. The van der Waals surface area contributed by atoms with Crippen molar-refractivity contribution < 1.29 is 14.3 Å². The number of hydrogen-bond donors (Lipinski definition) is 0. The number of nitrogens with zero attached hydrogens (tertiary/aromatic N) is 1. The third-order valence-corrected chi connectivity index (χ3v) is 2.92. The lowest BCUT2D eigenvalue weighted by Crippen LogP contribution is -2.45. The summed E-state index contributed by atoms with van der Waals surface area (Å²) in [6, 6.07) is 0.279. The SMILES string of the molecule is COC(=O)C(C)N(C)C1CCOCC1. The lowest BCUT2D eigenvalue weighted by Gasteiger charge is -2.34. The molecule has 0 aromatic rings. The molecule has 1 rings (SSSR count). The summed E-state index contributed by atoms with van der Waals surface area (Å²) in [5, 5.41) is 0. The van der Waals surface area contributed by atoms with E-state index in [4.69, 9.17) is 9.47 Å². The van der Waals surface area contributed by atoms with E-state index in [2.05, 4.69) is 4.90 Å². The van der Waals surface area contributed by atoms with Crippen molar-refractivity contribution in [3.63, 3.8) is 0 Å². The molecule has 14 heavy (non-hydrogen) atoms. The first-order chi connectivity index (χ1) is 6.66. The zero-order chi connectivity index (χ0) is 10.6. The lowest BCUT2D eigenvalue weighted by atomic mass is 10.1. The third kappa shape index (κ3) is 2.69. The van der Waals surface area contributed by atoms with Gasteiger partial charge in [0, 0.05) is 19.3 Å². The highest BCUT2D eigenvalue weighted by molar-refractivity contribution is 5.75. The molecule has 0 spiro atoms. The molecule has 0 amide bonds. The number of esters is 1. The Morgan fingerprint density at radius 3 is 2.57 bits per heavy atom. The highest BCUT2D eigenvalue weighted by atomic mass is 16.5. The summed E-state index contributed by atoms with van der Waals surface area (Å²) in [6.07, 6.45) is 2.00. The average molecular weight is 201 g/mol. The van der Waals surface area contributed by atoms with Crippen molar-refractivity contribution in [2.24, 2.45) is 0 Å². The molecule has 1 aliphatic rings. The van der Waals surface area contributed by atoms with E-state index < -0.39 is 0 Å². The molecular weight excluding hydrogens is 182 g/mol. The van der Waals surface area contributed by atoms with Crippen LogP contribution in [0.25, 0.3) is 0 Å². The van der Waals surface area contributed by atoms with Gasteiger partial charge < -0.3 is 9.47 Å². The maximum atomic E-state index is 11.3. The Kier molecular flexibility index (Phi) is 4.35. The van der Waals surface area contributed by atoms with E-state index in [1.54, 1.807) is 0 Å². The normalized spacial score (nSPS) is 20.9. The Morgan fingerprint density at radius 1 is 1.50 bits per heavy atom. The monoisotopic (exact) mass is 201 g/mol. The quantitative estimate of drug-likeness (QED) is 0.629. The smallest absolute Gasteiger partial charge is 0.322 e. The molecule has 0 aromatic heterocycles. The maximum absolute atomic E-state index is 11.3. The number of methoxy groups -OCH3 is 1. The fraction of sp³-hybridized carbons (Fsp3) is 0.900. The summed E-state index contributed by atoms with van der Waals surface area (Å²) in [4.78, 5) is 13.4. The molecule has 1 atom stereocenters. The molecule has 1 aliphatic heterocycles. The zero-order valence-corrected chi connectivity index (χ0v) is 9.16. The van der Waals surface area contributed by atoms with Gasteiger partial charge in [-0.05, 0) is 26.8 Å². The second-order valence-corrected chi connectivity index (χ2v) is 3.71. The Hall–Kier alpha value is -0.610. The summed E-state index contributed by atoms with van der Waals surface area (Å²) in [5.41, 5.74) is 0. The van der Waals surface area contributed by atoms with Crippen LogP contribution in [0.5, 0.6) is 0 Å². The van der Waals surface area contributed by atoms with Gasteiger partial charge in [0.05, 0.1) is 7.11 Å². The van der Waals surface area contributed by atoms with E-state index in [1.807, 2.05) is 14.0 Å². The topological polar surface area (TPSA) is 38.8 Å². The van der Waals surface area contributed by atoms with Crippen LogP contribution in [0.2, 0.25) is 0 Å². The molecule has 0 saturated carbocycles. The van der Waals surface area contributed by atoms with Crippen molar-refractivity contribution in [1.29, 1.82) is 0 Å². The Balaban J connectivity index is 2.45. The van der Waals surface area contributed by atoms with Crippen LogP contribution >= 0.6 is 0 Å². The predicted octanol–water partition coefficient (Wildman–Crippen LogP) is 0.659. The largest absolute Gasteiger partial charge is 0.468 e. The maximum Gasteiger partial charge on any atom is 0.322 e. The van der Waals surface area contributed by atoms with Gasteiger partial charge in [0.25, 0.3) is 0 Å².